The molecule has 1 unspecified atom stereocenters. The van der Waals surface area contributed by atoms with Gasteiger partial charge in [-0.25, -0.2) is 8.78 Å². The first-order valence-electron chi connectivity index (χ1n) is 5.34. The van der Waals surface area contributed by atoms with E-state index in [1.165, 1.54) is 6.07 Å². The van der Waals surface area contributed by atoms with E-state index in [2.05, 4.69) is 0 Å². The van der Waals surface area contributed by atoms with Crippen molar-refractivity contribution in [2.45, 2.75) is 10.6 Å². The lowest BCUT2D eigenvalue weighted by Crippen LogP contribution is -1.99. The molecule has 0 fully saturated rings. The fourth-order valence-electron chi connectivity index (χ4n) is 1.58. The Balaban J connectivity index is 2.22. The van der Waals surface area contributed by atoms with Gasteiger partial charge in [0, 0.05) is 11.0 Å². The number of hydrogen-bond donors (Lipinski definition) is 1. The van der Waals surface area contributed by atoms with E-state index in [4.69, 9.17) is 17.3 Å². The van der Waals surface area contributed by atoms with Crippen LogP contribution in [0, 0.1) is 11.6 Å². The quantitative estimate of drug-likeness (QED) is 0.882. The molecule has 0 aromatic heterocycles. The summed E-state index contributed by atoms with van der Waals surface area (Å²) < 4.78 is 38.1. The molecular formula is C13H10ClF2NOS. The van der Waals surface area contributed by atoms with Crippen molar-refractivity contribution < 1.29 is 13.0 Å². The summed E-state index contributed by atoms with van der Waals surface area (Å²) >= 11 is 5.83. The van der Waals surface area contributed by atoms with Crippen LogP contribution < -0.4 is 5.73 Å². The van der Waals surface area contributed by atoms with Crippen LogP contribution in [-0.4, -0.2) is 4.21 Å². The normalized spacial score (nSPS) is 12.4. The van der Waals surface area contributed by atoms with E-state index in [0.717, 1.165) is 18.2 Å². The van der Waals surface area contributed by atoms with Crippen molar-refractivity contribution >= 4 is 28.1 Å². The molecule has 19 heavy (non-hydrogen) atoms. The molecule has 2 aromatic carbocycles. The summed E-state index contributed by atoms with van der Waals surface area (Å²) in [4.78, 5) is 0.462. The van der Waals surface area contributed by atoms with Crippen molar-refractivity contribution in [3.05, 3.63) is 58.6 Å². The highest BCUT2D eigenvalue weighted by molar-refractivity contribution is 7.84. The fourth-order valence-corrected chi connectivity index (χ4v) is 2.93. The number of nitrogen functional groups attached to an aromatic ring is 1. The summed E-state index contributed by atoms with van der Waals surface area (Å²) in [7, 11) is -1.44. The maximum atomic E-state index is 13.0. The van der Waals surface area contributed by atoms with Gasteiger partial charge in [-0.15, -0.1) is 0 Å². The topological polar surface area (TPSA) is 43.1 Å². The van der Waals surface area contributed by atoms with Crippen molar-refractivity contribution in [1.29, 1.82) is 0 Å². The number of benzene rings is 2. The van der Waals surface area contributed by atoms with Crippen molar-refractivity contribution in [3.8, 4) is 0 Å². The molecule has 0 aliphatic rings. The second-order valence-corrected chi connectivity index (χ2v) is 5.81. The Labute approximate surface area is 116 Å². The Hall–Kier alpha value is -1.46. The Morgan fingerprint density at radius 2 is 1.74 bits per heavy atom. The highest BCUT2D eigenvalue weighted by Gasteiger charge is 2.09. The molecule has 100 valence electrons. The molecule has 0 saturated carbocycles. The van der Waals surface area contributed by atoms with E-state index in [-0.39, 0.29) is 5.75 Å². The first-order valence-corrected chi connectivity index (χ1v) is 7.04. The van der Waals surface area contributed by atoms with Crippen LogP contribution in [0.3, 0.4) is 0 Å². The molecule has 2 N–H and O–H groups in total. The van der Waals surface area contributed by atoms with Gasteiger partial charge in [-0.3, -0.25) is 4.21 Å². The van der Waals surface area contributed by atoms with Gasteiger partial charge in [0.15, 0.2) is 0 Å². The summed E-state index contributed by atoms with van der Waals surface area (Å²) in [6.07, 6.45) is 0. The Morgan fingerprint density at radius 1 is 1.11 bits per heavy atom. The molecule has 0 heterocycles. The lowest BCUT2D eigenvalue weighted by molar-refractivity contribution is 0.581. The molecule has 0 saturated heterocycles. The molecule has 1 atom stereocenters. The summed E-state index contributed by atoms with van der Waals surface area (Å²) in [6.45, 7) is 0. The Kier molecular flexibility index (Phi) is 4.17. The second kappa shape index (κ2) is 5.67. The van der Waals surface area contributed by atoms with Crippen LogP contribution in [0.1, 0.15) is 5.56 Å². The minimum atomic E-state index is -1.44. The van der Waals surface area contributed by atoms with Gasteiger partial charge in [-0.05, 0) is 35.9 Å². The molecule has 0 aliphatic heterocycles. The zero-order valence-corrected chi connectivity index (χ0v) is 11.3. The van der Waals surface area contributed by atoms with Crippen molar-refractivity contribution in [2.75, 3.05) is 5.73 Å². The van der Waals surface area contributed by atoms with Crippen molar-refractivity contribution in [1.82, 2.24) is 0 Å². The first kappa shape index (κ1) is 14.0. The van der Waals surface area contributed by atoms with E-state index < -0.39 is 22.4 Å². The van der Waals surface area contributed by atoms with Crippen molar-refractivity contribution in [2.24, 2.45) is 0 Å². The fraction of sp³-hybridized carbons (Fsp3) is 0.0769. The molecule has 2 nitrogen and oxygen atoms in total. The summed E-state index contributed by atoms with van der Waals surface area (Å²) in [6, 6.07) is 7.68. The standard InChI is InChI=1S/C13H10ClF2NOS/c14-12-6-11(1-2-13(12)17)19(18)7-8-3-9(15)5-10(16)4-8/h1-6H,7,17H2. The van der Waals surface area contributed by atoms with Gasteiger partial charge in [0.1, 0.15) is 11.6 Å². The number of hydrogen-bond acceptors (Lipinski definition) is 2. The van der Waals surface area contributed by atoms with Crippen LogP contribution in [0.15, 0.2) is 41.3 Å². The van der Waals surface area contributed by atoms with E-state index in [1.807, 2.05) is 0 Å². The molecule has 6 heteroatoms. The zero-order chi connectivity index (χ0) is 14.0. The minimum absolute atomic E-state index is 0.00886. The molecule has 0 amide bonds. The highest BCUT2D eigenvalue weighted by Crippen LogP contribution is 2.23. The lowest BCUT2D eigenvalue weighted by Gasteiger charge is -2.05. The first-order chi connectivity index (χ1) is 8.95. The van der Waals surface area contributed by atoms with E-state index in [1.54, 1.807) is 12.1 Å². The summed E-state index contributed by atoms with van der Waals surface area (Å²) in [5, 5.41) is 0.302. The molecular weight excluding hydrogens is 292 g/mol. The van der Waals surface area contributed by atoms with E-state index in [0.29, 0.717) is 21.2 Å². The average Bonchev–Trinajstić information content (AvgIpc) is 2.31. The van der Waals surface area contributed by atoms with Crippen LogP contribution >= 0.6 is 11.6 Å². The van der Waals surface area contributed by atoms with Gasteiger partial charge in [0.25, 0.3) is 0 Å². The monoisotopic (exact) mass is 301 g/mol. The maximum Gasteiger partial charge on any atom is 0.126 e. The largest absolute Gasteiger partial charge is 0.398 e. The second-order valence-electron chi connectivity index (χ2n) is 3.95. The van der Waals surface area contributed by atoms with E-state index >= 15 is 0 Å². The van der Waals surface area contributed by atoms with Crippen LogP contribution in [0.25, 0.3) is 0 Å². The van der Waals surface area contributed by atoms with Crippen molar-refractivity contribution in [3.63, 3.8) is 0 Å². The predicted octanol–water partition coefficient (Wildman–Crippen LogP) is 3.51. The average molecular weight is 302 g/mol. The molecule has 0 bridgehead atoms. The molecule has 0 spiro atoms. The van der Waals surface area contributed by atoms with Gasteiger partial charge >= 0.3 is 0 Å². The van der Waals surface area contributed by atoms with Crippen LogP contribution in [0.2, 0.25) is 5.02 Å². The predicted molar refractivity (Wildman–Crippen MR) is 72.3 cm³/mol. The van der Waals surface area contributed by atoms with Gasteiger partial charge in [-0.1, -0.05) is 11.6 Å². The summed E-state index contributed by atoms with van der Waals surface area (Å²) in [5.41, 5.74) is 6.26. The SMILES string of the molecule is Nc1ccc(S(=O)Cc2cc(F)cc(F)c2)cc1Cl. The highest BCUT2D eigenvalue weighted by atomic mass is 35.5. The third-order valence-electron chi connectivity index (χ3n) is 2.45. The lowest BCUT2D eigenvalue weighted by atomic mass is 10.2. The number of halogens is 3. The van der Waals surface area contributed by atoms with E-state index in [9.17, 15) is 13.0 Å². The molecule has 0 radical (unpaired) electrons. The van der Waals surface area contributed by atoms with Gasteiger partial charge in [-0.2, -0.15) is 0 Å². The van der Waals surface area contributed by atoms with Gasteiger partial charge < -0.3 is 5.73 Å². The molecule has 2 rings (SSSR count). The molecule has 2 aromatic rings. The third-order valence-corrected chi connectivity index (χ3v) is 4.16. The van der Waals surface area contributed by atoms with Crippen LogP contribution in [0.5, 0.6) is 0 Å². The van der Waals surface area contributed by atoms with Crippen LogP contribution in [-0.2, 0) is 16.6 Å². The molecule has 0 aliphatic carbocycles. The maximum absolute atomic E-state index is 13.0. The number of nitrogens with two attached hydrogens (primary N) is 1. The third kappa shape index (κ3) is 3.52. The Morgan fingerprint density at radius 3 is 2.32 bits per heavy atom. The zero-order valence-electron chi connectivity index (χ0n) is 9.70. The number of rotatable bonds is 3. The van der Waals surface area contributed by atoms with Gasteiger partial charge in [0.2, 0.25) is 0 Å². The Bertz CT molecular complexity index is 628. The number of anilines is 1. The minimum Gasteiger partial charge on any atom is -0.398 e. The van der Waals surface area contributed by atoms with Gasteiger partial charge in [0.05, 0.1) is 27.3 Å². The summed E-state index contributed by atoms with van der Waals surface area (Å²) in [5.74, 6) is -1.38. The smallest absolute Gasteiger partial charge is 0.126 e. The van der Waals surface area contributed by atoms with Crippen LogP contribution in [0.4, 0.5) is 14.5 Å².